The minimum atomic E-state index is -0.620. The van der Waals surface area contributed by atoms with Gasteiger partial charge in [-0.1, -0.05) is 0 Å². The van der Waals surface area contributed by atoms with Crippen LogP contribution in [0.25, 0.3) is 5.69 Å². The molecule has 1 aromatic heterocycles. The third kappa shape index (κ3) is 2.73. The molecule has 0 saturated heterocycles. The topological polar surface area (TPSA) is 44.1 Å². The van der Waals surface area contributed by atoms with Crippen LogP contribution in [0.15, 0.2) is 18.2 Å². The maximum atomic E-state index is 14.3. The van der Waals surface area contributed by atoms with E-state index in [0.717, 1.165) is 36.7 Å². The lowest BCUT2D eigenvalue weighted by atomic mass is 9.94. The van der Waals surface area contributed by atoms with Crippen molar-refractivity contribution < 1.29 is 18.3 Å². The van der Waals surface area contributed by atoms with Crippen molar-refractivity contribution in [2.75, 3.05) is 6.61 Å². The third-order valence-corrected chi connectivity index (χ3v) is 5.27. The molecule has 1 fully saturated rings. The van der Waals surface area contributed by atoms with Gasteiger partial charge in [-0.25, -0.2) is 13.5 Å². The van der Waals surface area contributed by atoms with Crippen LogP contribution in [0, 0.1) is 11.6 Å². The molecule has 1 saturated carbocycles. The Bertz CT molecular complexity index is 831. The summed E-state index contributed by atoms with van der Waals surface area (Å²) in [4.78, 5) is 11.7. The van der Waals surface area contributed by atoms with E-state index in [9.17, 15) is 13.6 Å². The van der Waals surface area contributed by atoms with Gasteiger partial charge in [-0.05, 0) is 44.2 Å². The van der Waals surface area contributed by atoms with Crippen LogP contribution in [0.2, 0.25) is 0 Å². The van der Waals surface area contributed by atoms with Gasteiger partial charge in [-0.2, -0.15) is 5.10 Å². The first kappa shape index (κ1) is 16.2. The highest BCUT2D eigenvalue weighted by molar-refractivity contribution is 5.69. The molecule has 0 N–H and O–H groups in total. The maximum Gasteiger partial charge on any atom is 0.306 e. The number of fused-ring (bicyclic) bond motifs is 5. The average molecular weight is 346 g/mol. The highest BCUT2D eigenvalue weighted by Gasteiger charge is 2.42. The summed E-state index contributed by atoms with van der Waals surface area (Å²) in [6.45, 7) is 2.14. The molecule has 0 amide bonds. The van der Waals surface area contributed by atoms with Gasteiger partial charge in [-0.15, -0.1) is 0 Å². The average Bonchev–Trinajstić information content (AvgIpc) is 3.26. The van der Waals surface area contributed by atoms with E-state index in [4.69, 9.17) is 4.74 Å². The van der Waals surface area contributed by atoms with E-state index in [0.29, 0.717) is 24.9 Å². The van der Waals surface area contributed by atoms with E-state index >= 15 is 0 Å². The van der Waals surface area contributed by atoms with E-state index in [-0.39, 0.29) is 18.1 Å². The van der Waals surface area contributed by atoms with Gasteiger partial charge in [0.1, 0.15) is 11.5 Å². The summed E-state index contributed by atoms with van der Waals surface area (Å²) < 4.78 is 34.2. The molecule has 4 nitrogen and oxygen atoms in total. The summed E-state index contributed by atoms with van der Waals surface area (Å²) in [7, 11) is 0. The first-order chi connectivity index (χ1) is 12.1. The van der Waals surface area contributed by atoms with Gasteiger partial charge in [-0.3, -0.25) is 4.79 Å². The summed E-state index contributed by atoms with van der Waals surface area (Å²) >= 11 is 0. The van der Waals surface area contributed by atoms with E-state index < -0.39 is 11.6 Å². The number of nitrogens with zero attached hydrogens (tertiary/aromatic N) is 2. The Labute approximate surface area is 144 Å². The van der Waals surface area contributed by atoms with E-state index in [1.807, 2.05) is 0 Å². The van der Waals surface area contributed by atoms with Crippen molar-refractivity contribution in [1.82, 2.24) is 9.78 Å². The molecule has 0 radical (unpaired) electrons. The molecular weight excluding hydrogens is 326 g/mol. The molecule has 2 aliphatic rings. The van der Waals surface area contributed by atoms with Crippen molar-refractivity contribution in [2.24, 2.45) is 0 Å². The van der Waals surface area contributed by atoms with Crippen LogP contribution >= 0.6 is 0 Å². The standard InChI is InChI=1S/C19H20F2N2O2/c1-2-25-17(24)8-6-15-18-11-3-4-12(9-11)19(18)23(22-15)16-7-5-13(20)10-14(16)21/h5,7,10-12H,2-4,6,8-9H2,1H3. The van der Waals surface area contributed by atoms with Crippen molar-refractivity contribution >= 4 is 5.97 Å². The predicted molar refractivity (Wildman–Crippen MR) is 87.8 cm³/mol. The lowest BCUT2D eigenvalue weighted by Crippen LogP contribution is -2.08. The quantitative estimate of drug-likeness (QED) is 0.769. The van der Waals surface area contributed by atoms with Gasteiger partial charge in [0.2, 0.25) is 0 Å². The molecule has 132 valence electrons. The molecule has 2 unspecified atom stereocenters. The second-order valence-corrected chi connectivity index (χ2v) is 6.77. The van der Waals surface area contributed by atoms with Crippen molar-refractivity contribution in [3.63, 3.8) is 0 Å². The number of esters is 1. The molecule has 2 aliphatic carbocycles. The van der Waals surface area contributed by atoms with Crippen molar-refractivity contribution in [1.29, 1.82) is 0 Å². The summed E-state index contributed by atoms with van der Waals surface area (Å²) in [5, 5.41) is 4.61. The van der Waals surface area contributed by atoms with Gasteiger partial charge in [0.05, 0.1) is 24.4 Å². The molecule has 4 rings (SSSR count). The van der Waals surface area contributed by atoms with Crippen LogP contribution in [0.3, 0.4) is 0 Å². The number of carbonyl (C=O) groups excluding carboxylic acids is 1. The lowest BCUT2D eigenvalue weighted by molar-refractivity contribution is -0.143. The third-order valence-electron chi connectivity index (χ3n) is 5.27. The molecule has 2 atom stereocenters. The van der Waals surface area contributed by atoms with Crippen molar-refractivity contribution in [3.05, 3.63) is 46.8 Å². The smallest absolute Gasteiger partial charge is 0.306 e. The van der Waals surface area contributed by atoms with Crippen molar-refractivity contribution in [3.8, 4) is 5.69 Å². The first-order valence-electron chi connectivity index (χ1n) is 8.81. The summed E-state index contributed by atoms with van der Waals surface area (Å²) in [5.74, 6) is -0.663. The zero-order valence-electron chi connectivity index (χ0n) is 14.1. The molecule has 0 aliphatic heterocycles. The van der Waals surface area contributed by atoms with Crippen LogP contribution in [0.4, 0.5) is 8.78 Å². The summed E-state index contributed by atoms with van der Waals surface area (Å²) in [6, 6.07) is 3.56. The zero-order chi connectivity index (χ0) is 17.6. The number of ether oxygens (including phenoxy) is 1. The number of aromatic nitrogens is 2. The number of hydrogen-bond acceptors (Lipinski definition) is 3. The molecule has 25 heavy (non-hydrogen) atoms. The molecule has 2 bridgehead atoms. The molecule has 0 spiro atoms. The van der Waals surface area contributed by atoms with Crippen LogP contribution in [0.1, 0.15) is 61.4 Å². The lowest BCUT2D eigenvalue weighted by Gasteiger charge is -2.14. The van der Waals surface area contributed by atoms with Gasteiger partial charge < -0.3 is 4.74 Å². The number of rotatable bonds is 5. The molecule has 6 heteroatoms. The van der Waals surface area contributed by atoms with Crippen molar-refractivity contribution in [2.45, 2.75) is 50.9 Å². The highest BCUT2D eigenvalue weighted by atomic mass is 19.1. The Morgan fingerprint density at radius 2 is 2.12 bits per heavy atom. The molecule has 2 aromatic rings. The highest BCUT2D eigenvalue weighted by Crippen LogP contribution is 2.54. The number of aryl methyl sites for hydroxylation is 1. The number of benzene rings is 1. The predicted octanol–water partition coefficient (Wildman–Crippen LogP) is 4.01. The number of hydrogen-bond donors (Lipinski definition) is 0. The summed E-state index contributed by atoms with van der Waals surface area (Å²) in [5.41, 5.74) is 3.33. The van der Waals surface area contributed by atoms with Crippen LogP contribution in [0.5, 0.6) is 0 Å². The Hall–Kier alpha value is -2.24. The fourth-order valence-electron chi connectivity index (χ4n) is 4.30. The second kappa shape index (κ2) is 6.24. The Balaban J connectivity index is 1.72. The number of halogens is 2. The van der Waals surface area contributed by atoms with Crippen LogP contribution in [-0.4, -0.2) is 22.4 Å². The van der Waals surface area contributed by atoms with Crippen LogP contribution < -0.4 is 0 Å². The normalized spacial score (nSPS) is 20.8. The van der Waals surface area contributed by atoms with E-state index in [1.54, 1.807) is 11.6 Å². The van der Waals surface area contributed by atoms with Gasteiger partial charge >= 0.3 is 5.97 Å². The minimum absolute atomic E-state index is 0.248. The Kier molecular flexibility index (Phi) is 4.06. The van der Waals surface area contributed by atoms with Crippen LogP contribution in [-0.2, 0) is 16.0 Å². The monoisotopic (exact) mass is 346 g/mol. The Morgan fingerprint density at radius 1 is 1.32 bits per heavy atom. The van der Waals surface area contributed by atoms with Gasteiger partial charge in [0.25, 0.3) is 0 Å². The first-order valence-corrected chi connectivity index (χ1v) is 8.81. The van der Waals surface area contributed by atoms with E-state index in [1.165, 1.54) is 17.7 Å². The maximum absolute atomic E-state index is 14.3. The fourth-order valence-corrected chi connectivity index (χ4v) is 4.30. The SMILES string of the molecule is CCOC(=O)CCc1nn(-c2ccc(F)cc2F)c2c1C1CCC2C1. The summed E-state index contributed by atoms with van der Waals surface area (Å²) in [6.07, 6.45) is 3.99. The zero-order valence-corrected chi connectivity index (χ0v) is 14.1. The Morgan fingerprint density at radius 3 is 2.88 bits per heavy atom. The number of carbonyl (C=O) groups is 1. The molecular formula is C19H20F2N2O2. The van der Waals surface area contributed by atoms with Gasteiger partial charge in [0.15, 0.2) is 5.82 Å². The fraction of sp³-hybridized carbons (Fsp3) is 0.474. The minimum Gasteiger partial charge on any atom is -0.466 e. The van der Waals surface area contributed by atoms with Gasteiger partial charge in [0, 0.05) is 24.0 Å². The largest absolute Gasteiger partial charge is 0.466 e. The molecule has 1 aromatic carbocycles. The van der Waals surface area contributed by atoms with E-state index in [2.05, 4.69) is 5.10 Å². The molecule has 1 heterocycles. The second-order valence-electron chi connectivity index (χ2n) is 6.77.